The van der Waals surface area contributed by atoms with Crippen LogP contribution >= 0.6 is 11.8 Å². The van der Waals surface area contributed by atoms with Crippen LogP contribution in [0, 0.1) is 12.8 Å². The zero-order chi connectivity index (χ0) is 15.1. The molecule has 0 aromatic heterocycles. The molecule has 21 heavy (non-hydrogen) atoms. The van der Waals surface area contributed by atoms with Crippen LogP contribution in [-0.4, -0.2) is 6.54 Å². The average molecular weight is 299 g/mol. The smallest absolute Gasteiger partial charge is 0.0232 e. The Morgan fingerprint density at radius 2 is 1.76 bits per heavy atom. The van der Waals surface area contributed by atoms with E-state index >= 15 is 0 Å². The summed E-state index contributed by atoms with van der Waals surface area (Å²) in [6, 6.07) is 17.5. The highest BCUT2D eigenvalue weighted by Gasteiger charge is 2.02. The van der Waals surface area contributed by atoms with Gasteiger partial charge in [0.05, 0.1) is 0 Å². The highest BCUT2D eigenvalue weighted by atomic mass is 32.2. The summed E-state index contributed by atoms with van der Waals surface area (Å²) in [5.41, 5.74) is 4.13. The molecule has 112 valence electrons. The maximum Gasteiger partial charge on any atom is 0.0232 e. The van der Waals surface area contributed by atoms with E-state index in [1.165, 1.54) is 21.6 Å². The lowest BCUT2D eigenvalue weighted by molar-refractivity contribution is 0.552. The zero-order valence-corrected chi connectivity index (χ0v) is 14.0. The quantitative estimate of drug-likeness (QED) is 0.719. The molecule has 0 aliphatic heterocycles. The van der Waals surface area contributed by atoms with E-state index in [4.69, 9.17) is 0 Å². The first-order valence-corrected chi connectivity index (χ1v) is 8.60. The van der Waals surface area contributed by atoms with Gasteiger partial charge in [-0.2, -0.15) is 0 Å². The van der Waals surface area contributed by atoms with Gasteiger partial charge in [-0.25, -0.2) is 0 Å². The van der Waals surface area contributed by atoms with E-state index in [2.05, 4.69) is 74.6 Å². The fourth-order valence-electron chi connectivity index (χ4n) is 2.22. The summed E-state index contributed by atoms with van der Waals surface area (Å²) in [4.78, 5) is 1.38. The summed E-state index contributed by atoms with van der Waals surface area (Å²) in [6.45, 7) is 8.72. The van der Waals surface area contributed by atoms with E-state index in [1.807, 2.05) is 11.8 Å². The van der Waals surface area contributed by atoms with E-state index in [1.54, 1.807) is 0 Å². The predicted molar refractivity (Wildman–Crippen MR) is 93.7 cm³/mol. The zero-order valence-electron chi connectivity index (χ0n) is 13.2. The number of rotatable bonds is 7. The highest BCUT2D eigenvalue weighted by Crippen LogP contribution is 2.26. The molecule has 0 aliphatic rings. The lowest BCUT2D eigenvalue weighted by Crippen LogP contribution is -2.18. The van der Waals surface area contributed by atoms with Gasteiger partial charge in [0.2, 0.25) is 0 Å². The van der Waals surface area contributed by atoms with Crippen LogP contribution < -0.4 is 5.32 Å². The van der Waals surface area contributed by atoms with Crippen LogP contribution in [0.3, 0.4) is 0 Å². The molecule has 2 aromatic rings. The van der Waals surface area contributed by atoms with Gasteiger partial charge in [0, 0.05) is 17.2 Å². The SMILES string of the molecule is Cc1cc(CNCC(C)C)ccc1SCc1ccccc1. The second-order valence-electron chi connectivity index (χ2n) is 5.90. The lowest BCUT2D eigenvalue weighted by atomic mass is 10.1. The first-order valence-electron chi connectivity index (χ1n) is 7.62. The molecule has 0 radical (unpaired) electrons. The highest BCUT2D eigenvalue weighted by molar-refractivity contribution is 7.98. The minimum absolute atomic E-state index is 0.701. The van der Waals surface area contributed by atoms with Gasteiger partial charge in [-0.1, -0.05) is 56.3 Å². The summed E-state index contributed by atoms with van der Waals surface area (Å²) in [6.07, 6.45) is 0. The first-order chi connectivity index (χ1) is 10.1. The molecule has 0 unspecified atom stereocenters. The summed E-state index contributed by atoms with van der Waals surface area (Å²) >= 11 is 1.92. The van der Waals surface area contributed by atoms with Crippen LogP contribution in [0.15, 0.2) is 53.4 Å². The molecule has 0 bridgehead atoms. The molecule has 0 aliphatic carbocycles. The number of benzene rings is 2. The van der Waals surface area contributed by atoms with E-state index in [0.717, 1.165) is 18.8 Å². The van der Waals surface area contributed by atoms with Crippen LogP contribution in [0.2, 0.25) is 0 Å². The molecule has 0 spiro atoms. The van der Waals surface area contributed by atoms with Crippen molar-refractivity contribution in [2.45, 2.75) is 38.0 Å². The van der Waals surface area contributed by atoms with Crippen molar-refractivity contribution in [3.8, 4) is 0 Å². The third kappa shape index (κ3) is 5.56. The van der Waals surface area contributed by atoms with Crippen molar-refractivity contribution >= 4 is 11.8 Å². The molecular weight excluding hydrogens is 274 g/mol. The second-order valence-corrected chi connectivity index (χ2v) is 6.92. The van der Waals surface area contributed by atoms with Gasteiger partial charge in [0.25, 0.3) is 0 Å². The Balaban J connectivity index is 1.90. The average Bonchev–Trinajstić information content (AvgIpc) is 2.47. The summed E-state index contributed by atoms with van der Waals surface area (Å²) in [5.74, 6) is 1.74. The standard InChI is InChI=1S/C19H25NS/c1-15(2)12-20-13-18-9-10-19(16(3)11-18)21-14-17-7-5-4-6-8-17/h4-11,15,20H,12-14H2,1-3H3. The molecule has 2 heteroatoms. The number of hydrogen-bond donors (Lipinski definition) is 1. The molecule has 2 aromatic carbocycles. The van der Waals surface area contributed by atoms with Crippen LogP contribution in [0.1, 0.15) is 30.5 Å². The number of aryl methyl sites for hydroxylation is 1. The minimum Gasteiger partial charge on any atom is -0.312 e. The maximum atomic E-state index is 3.50. The molecule has 0 fully saturated rings. The third-order valence-electron chi connectivity index (χ3n) is 3.36. The Labute approximate surface area is 133 Å². The Hall–Kier alpha value is -1.25. The van der Waals surface area contributed by atoms with E-state index < -0.39 is 0 Å². The van der Waals surface area contributed by atoms with Crippen molar-refractivity contribution in [1.29, 1.82) is 0 Å². The van der Waals surface area contributed by atoms with Gasteiger partial charge < -0.3 is 5.32 Å². The lowest BCUT2D eigenvalue weighted by Gasteiger charge is -2.10. The monoisotopic (exact) mass is 299 g/mol. The summed E-state index contributed by atoms with van der Waals surface area (Å²) < 4.78 is 0. The van der Waals surface area contributed by atoms with Gasteiger partial charge >= 0.3 is 0 Å². The Morgan fingerprint density at radius 1 is 1.00 bits per heavy atom. The second kappa shape index (κ2) is 8.26. The molecule has 1 nitrogen and oxygen atoms in total. The largest absolute Gasteiger partial charge is 0.312 e. The van der Waals surface area contributed by atoms with Crippen molar-refractivity contribution in [1.82, 2.24) is 5.32 Å². The third-order valence-corrected chi connectivity index (χ3v) is 4.60. The number of hydrogen-bond acceptors (Lipinski definition) is 2. The van der Waals surface area contributed by atoms with Crippen LogP contribution in [0.5, 0.6) is 0 Å². The molecule has 0 saturated carbocycles. The van der Waals surface area contributed by atoms with Crippen LogP contribution in [0.25, 0.3) is 0 Å². The van der Waals surface area contributed by atoms with E-state index in [0.29, 0.717) is 5.92 Å². The number of thioether (sulfide) groups is 1. The van der Waals surface area contributed by atoms with E-state index in [9.17, 15) is 0 Å². The first kappa shape index (κ1) is 16.1. The molecule has 1 N–H and O–H groups in total. The predicted octanol–water partition coefficient (Wildman–Crippen LogP) is 5.03. The van der Waals surface area contributed by atoms with Crippen molar-refractivity contribution in [3.05, 3.63) is 65.2 Å². The van der Waals surface area contributed by atoms with Gasteiger partial charge in [0.1, 0.15) is 0 Å². The number of nitrogens with one attached hydrogen (secondary N) is 1. The van der Waals surface area contributed by atoms with Crippen molar-refractivity contribution in [2.75, 3.05) is 6.54 Å². The Morgan fingerprint density at radius 3 is 2.43 bits per heavy atom. The van der Waals surface area contributed by atoms with Gasteiger partial charge in [-0.3, -0.25) is 0 Å². The Kier molecular flexibility index (Phi) is 6.34. The van der Waals surface area contributed by atoms with Gasteiger partial charge in [-0.15, -0.1) is 11.8 Å². The van der Waals surface area contributed by atoms with Crippen LogP contribution in [-0.2, 0) is 12.3 Å². The fourth-order valence-corrected chi connectivity index (χ4v) is 3.19. The molecule has 0 amide bonds. The maximum absolute atomic E-state index is 3.50. The van der Waals surface area contributed by atoms with Gasteiger partial charge in [-0.05, 0) is 42.1 Å². The molecule has 0 saturated heterocycles. The molecular formula is C19H25NS. The summed E-state index contributed by atoms with van der Waals surface area (Å²) in [5, 5.41) is 3.50. The molecule has 0 atom stereocenters. The van der Waals surface area contributed by atoms with Crippen molar-refractivity contribution < 1.29 is 0 Å². The van der Waals surface area contributed by atoms with Crippen LogP contribution in [0.4, 0.5) is 0 Å². The topological polar surface area (TPSA) is 12.0 Å². The fraction of sp³-hybridized carbons (Fsp3) is 0.368. The van der Waals surface area contributed by atoms with Gasteiger partial charge in [0.15, 0.2) is 0 Å². The molecule has 2 rings (SSSR count). The minimum atomic E-state index is 0.701. The summed E-state index contributed by atoms with van der Waals surface area (Å²) in [7, 11) is 0. The van der Waals surface area contributed by atoms with E-state index in [-0.39, 0.29) is 0 Å². The normalized spacial score (nSPS) is 11.0. The Bertz CT molecular complexity index is 549. The van der Waals surface area contributed by atoms with Crippen molar-refractivity contribution in [2.24, 2.45) is 5.92 Å². The molecule has 0 heterocycles. The van der Waals surface area contributed by atoms with Crippen molar-refractivity contribution in [3.63, 3.8) is 0 Å².